The minimum absolute atomic E-state index is 0.224. The van der Waals surface area contributed by atoms with Gasteiger partial charge in [0.15, 0.2) is 0 Å². The van der Waals surface area contributed by atoms with Gasteiger partial charge in [-0.15, -0.1) is 0 Å². The van der Waals surface area contributed by atoms with Crippen LogP contribution in [0.5, 0.6) is 0 Å². The Morgan fingerprint density at radius 3 is 2.80 bits per heavy atom. The highest BCUT2D eigenvalue weighted by Gasteiger charge is 2.34. The number of hydrogen-bond donors (Lipinski definition) is 1. The van der Waals surface area contributed by atoms with E-state index in [-0.39, 0.29) is 5.56 Å². The van der Waals surface area contributed by atoms with Crippen LogP contribution in [-0.2, 0) is 23.9 Å². The van der Waals surface area contributed by atoms with Gasteiger partial charge in [-0.3, -0.25) is 5.10 Å². The molecule has 0 saturated carbocycles. The van der Waals surface area contributed by atoms with E-state index in [9.17, 15) is 17.6 Å². The zero-order valence-electron chi connectivity index (χ0n) is 10.2. The highest BCUT2D eigenvalue weighted by Crippen LogP contribution is 2.35. The number of nitrogens with zero attached hydrogens (tertiary/aromatic N) is 1. The normalized spacial score (nSPS) is 15.2. The highest BCUT2D eigenvalue weighted by molar-refractivity contribution is 5.65. The maximum absolute atomic E-state index is 13.3. The van der Waals surface area contributed by atoms with Gasteiger partial charge in [-0.1, -0.05) is 0 Å². The summed E-state index contributed by atoms with van der Waals surface area (Å²) in [5, 5.41) is 6.82. The second kappa shape index (κ2) is 4.59. The zero-order valence-corrected chi connectivity index (χ0v) is 10.2. The standard InChI is InChI=1S/C13H10F4N2O/c14-10-2-1-7(5-9(10)13(15,16)17)12-8-6-20-4-3-11(8)18-19-12/h1-2,5H,3-4,6H2,(H,18,19). The molecule has 0 spiro atoms. The summed E-state index contributed by atoms with van der Waals surface area (Å²) >= 11 is 0. The van der Waals surface area contributed by atoms with E-state index in [2.05, 4.69) is 10.2 Å². The number of rotatable bonds is 1. The largest absolute Gasteiger partial charge is 0.419 e. The third-order valence-electron chi connectivity index (χ3n) is 3.24. The first kappa shape index (κ1) is 13.1. The van der Waals surface area contributed by atoms with Crippen molar-refractivity contribution in [3.63, 3.8) is 0 Å². The molecule has 1 aliphatic rings. The minimum atomic E-state index is -4.73. The van der Waals surface area contributed by atoms with Crippen molar-refractivity contribution in [1.29, 1.82) is 0 Å². The van der Waals surface area contributed by atoms with Crippen LogP contribution >= 0.6 is 0 Å². The van der Waals surface area contributed by atoms with Gasteiger partial charge in [-0.25, -0.2) is 4.39 Å². The summed E-state index contributed by atoms with van der Waals surface area (Å²) in [6.07, 6.45) is -4.09. The molecule has 1 N–H and O–H groups in total. The molecule has 0 saturated heterocycles. The van der Waals surface area contributed by atoms with Crippen LogP contribution in [0.2, 0.25) is 0 Å². The summed E-state index contributed by atoms with van der Waals surface area (Å²) in [7, 11) is 0. The lowest BCUT2D eigenvalue weighted by Gasteiger charge is -2.13. The van der Waals surface area contributed by atoms with Gasteiger partial charge >= 0.3 is 6.18 Å². The highest BCUT2D eigenvalue weighted by atomic mass is 19.4. The van der Waals surface area contributed by atoms with Crippen molar-refractivity contribution in [3.8, 4) is 11.3 Å². The Kier molecular flexibility index (Phi) is 3.01. The van der Waals surface area contributed by atoms with Gasteiger partial charge in [-0.05, 0) is 18.2 Å². The third-order valence-corrected chi connectivity index (χ3v) is 3.24. The van der Waals surface area contributed by atoms with E-state index in [1.54, 1.807) is 0 Å². The fourth-order valence-electron chi connectivity index (χ4n) is 2.24. The molecule has 7 heteroatoms. The Morgan fingerprint density at radius 2 is 2.05 bits per heavy atom. The zero-order chi connectivity index (χ0) is 14.3. The molecule has 0 aliphatic carbocycles. The summed E-state index contributed by atoms with van der Waals surface area (Å²) in [6.45, 7) is 0.839. The van der Waals surface area contributed by atoms with E-state index >= 15 is 0 Å². The average Bonchev–Trinajstić information content (AvgIpc) is 2.82. The molecule has 2 heterocycles. The molecule has 1 aromatic carbocycles. The molecule has 1 aliphatic heterocycles. The van der Waals surface area contributed by atoms with Crippen molar-refractivity contribution < 1.29 is 22.3 Å². The summed E-state index contributed by atoms with van der Waals surface area (Å²) in [5.74, 6) is -1.29. The van der Waals surface area contributed by atoms with Gasteiger partial charge in [0.2, 0.25) is 0 Å². The van der Waals surface area contributed by atoms with E-state index in [0.717, 1.165) is 23.4 Å². The molecule has 2 aromatic rings. The Morgan fingerprint density at radius 1 is 1.25 bits per heavy atom. The third kappa shape index (κ3) is 2.18. The van der Waals surface area contributed by atoms with Crippen molar-refractivity contribution in [3.05, 3.63) is 40.8 Å². The molecule has 0 amide bonds. The Labute approximate surface area is 111 Å². The predicted molar refractivity (Wildman–Crippen MR) is 62.3 cm³/mol. The van der Waals surface area contributed by atoms with Gasteiger partial charge in [0.1, 0.15) is 5.82 Å². The van der Waals surface area contributed by atoms with Crippen LogP contribution in [0.25, 0.3) is 11.3 Å². The topological polar surface area (TPSA) is 37.9 Å². The summed E-state index contributed by atoms with van der Waals surface area (Å²) in [5.41, 5.74) is 0.899. The lowest BCUT2D eigenvalue weighted by Crippen LogP contribution is -2.10. The Hall–Kier alpha value is -1.89. The van der Waals surface area contributed by atoms with Crippen molar-refractivity contribution in [2.24, 2.45) is 0 Å². The molecule has 0 atom stereocenters. The number of hydrogen-bond acceptors (Lipinski definition) is 2. The van der Waals surface area contributed by atoms with Crippen molar-refractivity contribution >= 4 is 0 Å². The molecule has 106 valence electrons. The number of halogens is 4. The number of benzene rings is 1. The first-order valence-corrected chi connectivity index (χ1v) is 5.98. The maximum atomic E-state index is 13.3. The predicted octanol–water partition coefficient (Wildman–Crippen LogP) is 3.31. The quantitative estimate of drug-likeness (QED) is 0.817. The first-order chi connectivity index (χ1) is 9.47. The van der Waals surface area contributed by atoms with Gasteiger partial charge < -0.3 is 4.74 Å². The van der Waals surface area contributed by atoms with E-state index in [0.29, 0.717) is 25.3 Å². The van der Waals surface area contributed by atoms with Gasteiger partial charge in [-0.2, -0.15) is 18.3 Å². The van der Waals surface area contributed by atoms with Crippen molar-refractivity contribution in [2.45, 2.75) is 19.2 Å². The summed E-state index contributed by atoms with van der Waals surface area (Å²) in [6, 6.07) is 2.87. The smallest absolute Gasteiger partial charge is 0.376 e. The van der Waals surface area contributed by atoms with E-state index in [1.165, 1.54) is 6.07 Å². The molecule has 0 bridgehead atoms. The van der Waals surface area contributed by atoms with Gasteiger partial charge in [0.25, 0.3) is 0 Å². The summed E-state index contributed by atoms with van der Waals surface area (Å²) in [4.78, 5) is 0. The number of fused-ring (bicyclic) bond motifs is 1. The molecule has 1 aromatic heterocycles. The minimum Gasteiger partial charge on any atom is -0.376 e. The lowest BCUT2D eigenvalue weighted by molar-refractivity contribution is -0.139. The molecule has 20 heavy (non-hydrogen) atoms. The van der Waals surface area contributed by atoms with Crippen LogP contribution in [0.3, 0.4) is 0 Å². The molecule has 3 nitrogen and oxygen atoms in total. The molecule has 3 rings (SSSR count). The van der Waals surface area contributed by atoms with Crippen LogP contribution in [0, 0.1) is 5.82 Å². The molecule has 0 radical (unpaired) electrons. The van der Waals surface area contributed by atoms with E-state index in [4.69, 9.17) is 4.74 Å². The fourth-order valence-corrected chi connectivity index (χ4v) is 2.24. The van der Waals surface area contributed by atoms with Gasteiger partial charge in [0, 0.05) is 23.2 Å². The van der Waals surface area contributed by atoms with Gasteiger partial charge in [0.05, 0.1) is 24.5 Å². The van der Waals surface area contributed by atoms with Crippen LogP contribution in [0.15, 0.2) is 18.2 Å². The van der Waals surface area contributed by atoms with Crippen LogP contribution < -0.4 is 0 Å². The monoisotopic (exact) mass is 286 g/mol. The second-order valence-electron chi connectivity index (χ2n) is 4.52. The number of ether oxygens (including phenoxy) is 1. The SMILES string of the molecule is Fc1ccc(-c2n[nH]c3c2COCC3)cc1C(F)(F)F. The lowest BCUT2D eigenvalue weighted by atomic mass is 10.0. The second-order valence-corrected chi connectivity index (χ2v) is 4.52. The number of aromatic nitrogens is 2. The van der Waals surface area contributed by atoms with Crippen LogP contribution in [-0.4, -0.2) is 16.8 Å². The Bertz CT molecular complexity index is 648. The van der Waals surface area contributed by atoms with Crippen molar-refractivity contribution in [1.82, 2.24) is 10.2 Å². The van der Waals surface area contributed by atoms with E-state index in [1.807, 2.05) is 0 Å². The molecular formula is C13H10F4N2O. The number of alkyl halides is 3. The maximum Gasteiger partial charge on any atom is 0.419 e. The number of aromatic amines is 1. The van der Waals surface area contributed by atoms with E-state index < -0.39 is 17.6 Å². The van der Waals surface area contributed by atoms with Crippen LogP contribution in [0.4, 0.5) is 17.6 Å². The van der Waals surface area contributed by atoms with Crippen molar-refractivity contribution in [2.75, 3.05) is 6.61 Å². The fraction of sp³-hybridized carbons (Fsp3) is 0.308. The number of nitrogens with one attached hydrogen (secondary N) is 1. The number of H-pyrrole nitrogens is 1. The average molecular weight is 286 g/mol. The molecule has 0 fully saturated rings. The summed E-state index contributed by atoms with van der Waals surface area (Å²) < 4.78 is 56.7. The Balaban J connectivity index is 2.09. The molecule has 0 unspecified atom stereocenters. The van der Waals surface area contributed by atoms with Crippen LogP contribution in [0.1, 0.15) is 16.8 Å². The first-order valence-electron chi connectivity index (χ1n) is 5.98. The molecular weight excluding hydrogens is 276 g/mol.